The summed E-state index contributed by atoms with van der Waals surface area (Å²) in [6, 6.07) is 16.2. The Kier molecular flexibility index (Phi) is 6.18. The number of hydrogen-bond donors (Lipinski definition) is 1. The minimum Gasteiger partial charge on any atom is -0.376 e. The van der Waals surface area contributed by atoms with Crippen molar-refractivity contribution in [1.29, 1.82) is 0 Å². The smallest absolute Gasteiger partial charge is 0.252 e. The number of nitrogens with one attached hydrogen (secondary N) is 1. The third-order valence-corrected chi connectivity index (χ3v) is 6.44. The number of carbonyl (C=O) groups excluding carboxylic acids is 1. The van der Waals surface area contributed by atoms with E-state index in [0.29, 0.717) is 5.56 Å². The number of hydrogen-bond acceptors (Lipinski definition) is 3. The van der Waals surface area contributed by atoms with Crippen molar-refractivity contribution in [2.45, 2.75) is 58.1 Å². The molecule has 1 N–H and O–H groups in total. The maximum absolute atomic E-state index is 13.3. The summed E-state index contributed by atoms with van der Waals surface area (Å²) in [5.41, 5.74) is 4.58. The molecular weight excluding hydrogens is 452 g/mol. The van der Waals surface area contributed by atoms with Crippen molar-refractivity contribution in [2.75, 3.05) is 6.61 Å². The van der Waals surface area contributed by atoms with Gasteiger partial charge in [0.15, 0.2) is 0 Å². The SMILES string of the molecule is C[C@@H](NC(=O)c1cc(-c2ccc(C(C)(C)C)cc2)nc2ccc(Br)cc12)[C@H]1CCCO1. The van der Waals surface area contributed by atoms with Gasteiger partial charge in [-0.1, -0.05) is 61.0 Å². The van der Waals surface area contributed by atoms with Gasteiger partial charge in [-0.3, -0.25) is 4.79 Å². The van der Waals surface area contributed by atoms with Gasteiger partial charge in [-0.15, -0.1) is 0 Å². The summed E-state index contributed by atoms with van der Waals surface area (Å²) in [6.45, 7) is 9.38. The molecule has 5 heteroatoms. The summed E-state index contributed by atoms with van der Waals surface area (Å²) < 4.78 is 6.68. The van der Waals surface area contributed by atoms with Crippen molar-refractivity contribution in [2.24, 2.45) is 0 Å². The average Bonchev–Trinajstić information content (AvgIpc) is 3.27. The van der Waals surface area contributed by atoms with E-state index in [-0.39, 0.29) is 23.5 Å². The van der Waals surface area contributed by atoms with Crippen LogP contribution in [0.1, 0.15) is 56.5 Å². The Morgan fingerprint density at radius 3 is 2.55 bits per heavy atom. The summed E-state index contributed by atoms with van der Waals surface area (Å²) >= 11 is 3.53. The molecular formula is C26H29BrN2O2. The zero-order valence-electron chi connectivity index (χ0n) is 18.5. The quantitative estimate of drug-likeness (QED) is 0.479. The number of pyridine rings is 1. The predicted molar refractivity (Wildman–Crippen MR) is 129 cm³/mol. The Morgan fingerprint density at radius 2 is 1.90 bits per heavy atom. The molecule has 0 unspecified atom stereocenters. The fourth-order valence-electron chi connectivity index (χ4n) is 4.05. The van der Waals surface area contributed by atoms with Crippen LogP contribution in [0.25, 0.3) is 22.2 Å². The van der Waals surface area contributed by atoms with Crippen LogP contribution in [-0.4, -0.2) is 29.6 Å². The van der Waals surface area contributed by atoms with Gasteiger partial charge in [0.2, 0.25) is 0 Å². The molecule has 1 amide bonds. The topological polar surface area (TPSA) is 51.2 Å². The molecule has 1 aliphatic heterocycles. The number of ether oxygens (including phenoxy) is 1. The largest absolute Gasteiger partial charge is 0.376 e. The second-order valence-corrected chi connectivity index (χ2v) is 10.3. The van der Waals surface area contributed by atoms with Crippen molar-refractivity contribution >= 4 is 32.7 Å². The van der Waals surface area contributed by atoms with E-state index in [1.54, 1.807) is 0 Å². The first-order valence-electron chi connectivity index (χ1n) is 10.9. The molecule has 4 rings (SSSR count). The standard InChI is InChI=1S/C26H29BrN2O2/c1-16(24-6-5-13-31-24)28-25(30)21-15-23(29-22-12-11-19(27)14-20(21)22)17-7-9-18(10-8-17)26(2,3)4/h7-12,14-16,24H,5-6,13H2,1-4H3,(H,28,30)/t16-,24-/m1/s1. The molecule has 2 heterocycles. The normalized spacial score (nSPS) is 17.6. The number of carbonyl (C=O) groups is 1. The van der Waals surface area contributed by atoms with Crippen LogP contribution in [0.15, 0.2) is 53.0 Å². The van der Waals surface area contributed by atoms with Crippen LogP contribution in [0.5, 0.6) is 0 Å². The predicted octanol–water partition coefficient (Wildman–Crippen LogP) is 6.26. The number of benzene rings is 2. The number of nitrogens with zero attached hydrogens (tertiary/aromatic N) is 1. The van der Waals surface area contributed by atoms with Crippen LogP contribution in [0.3, 0.4) is 0 Å². The van der Waals surface area contributed by atoms with Crippen LogP contribution in [0.4, 0.5) is 0 Å². The molecule has 0 radical (unpaired) electrons. The molecule has 2 atom stereocenters. The van der Waals surface area contributed by atoms with E-state index in [2.05, 4.69) is 66.3 Å². The maximum atomic E-state index is 13.3. The number of amides is 1. The molecule has 1 aromatic heterocycles. The highest BCUT2D eigenvalue weighted by Gasteiger charge is 2.25. The molecule has 1 fully saturated rings. The lowest BCUT2D eigenvalue weighted by molar-refractivity contribution is 0.0713. The monoisotopic (exact) mass is 480 g/mol. The molecule has 3 aromatic rings. The zero-order chi connectivity index (χ0) is 22.2. The van der Waals surface area contributed by atoms with Crippen LogP contribution in [0.2, 0.25) is 0 Å². The summed E-state index contributed by atoms with van der Waals surface area (Å²) in [5.74, 6) is -0.0962. The van der Waals surface area contributed by atoms with Crippen LogP contribution in [-0.2, 0) is 10.2 Å². The Bertz CT molecular complexity index is 1100. The van der Waals surface area contributed by atoms with Crippen LogP contribution >= 0.6 is 15.9 Å². The van der Waals surface area contributed by atoms with Crippen molar-refractivity contribution in [1.82, 2.24) is 10.3 Å². The molecule has 0 spiro atoms. The molecule has 1 aliphatic rings. The number of aromatic nitrogens is 1. The van der Waals surface area contributed by atoms with Gasteiger partial charge >= 0.3 is 0 Å². The van der Waals surface area contributed by atoms with Gasteiger partial charge in [0.1, 0.15) is 0 Å². The van der Waals surface area contributed by atoms with E-state index in [1.807, 2.05) is 31.2 Å². The average molecular weight is 481 g/mol. The van der Waals surface area contributed by atoms with E-state index in [1.165, 1.54) is 5.56 Å². The highest BCUT2D eigenvalue weighted by Crippen LogP contribution is 2.29. The second kappa shape index (κ2) is 8.71. The van der Waals surface area contributed by atoms with E-state index < -0.39 is 0 Å². The van der Waals surface area contributed by atoms with E-state index in [0.717, 1.165) is 46.1 Å². The molecule has 0 aliphatic carbocycles. The summed E-state index contributed by atoms with van der Waals surface area (Å²) in [5, 5.41) is 3.99. The number of rotatable bonds is 4. The molecule has 4 nitrogen and oxygen atoms in total. The van der Waals surface area contributed by atoms with E-state index in [4.69, 9.17) is 9.72 Å². The first-order valence-corrected chi connectivity index (χ1v) is 11.7. The lowest BCUT2D eigenvalue weighted by atomic mass is 9.86. The summed E-state index contributed by atoms with van der Waals surface area (Å²) in [7, 11) is 0. The number of halogens is 1. The van der Waals surface area contributed by atoms with E-state index in [9.17, 15) is 4.79 Å². The summed E-state index contributed by atoms with van der Waals surface area (Å²) in [4.78, 5) is 18.1. The number of fused-ring (bicyclic) bond motifs is 1. The van der Waals surface area contributed by atoms with Crippen LogP contribution in [0, 0.1) is 0 Å². The summed E-state index contributed by atoms with van der Waals surface area (Å²) in [6.07, 6.45) is 2.10. The minimum atomic E-state index is -0.0962. The van der Waals surface area contributed by atoms with Crippen molar-refractivity contribution in [3.05, 3.63) is 64.1 Å². The third-order valence-electron chi connectivity index (χ3n) is 5.94. The Labute approximate surface area is 192 Å². The van der Waals surface area contributed by atoms with Gasteiger partial charge in [0, 0.05) is 22.0 Å². The molecule has 31 heavy (non-hydrogen) atoms. The zero-order valence-corrected chi connectivity index (χ0v) is 20.1. The van der Waals surface area contributed by atoms with Gasteiger partial charge in [-0.05, 0) is 55.0 Å². The Balaban J connectivity index is 1.73. The first kappa shape index (κ1) is 22.0. The maximum Gasteiger partial charge on any atom is 0.252 e. The molecule has 0 bridgehead atoms. The fourth-order valence-corrected chi connectivity index (χ4v) is 4.41. The molecule has 0 saturated carbocycles. The second-order valence-electron chi connectivity index (χ2n) is 9.36. The Morgan fingerprint density at radius 1 is 1.16 bits per heavy atom. The fraction of sp³-hybridized carbons (Fsp3) is 0.385. The highest BCUT2D eigenvalue weighted by molar-refractivity contribution is 9.10. The lowest BCUT2D eigenvalue weighted by Crippen LogP contribution is -2.40. The molecule has 1 saturated heterocycles. The van der Waals surface area contributed by atoms with Crippen molar-refractivity contribution < 1.29 is 9.53 Å². The van der Waals surface area contributed by atoms with Gasteiger partial charge in [-0.25, -0.2) is 4.98 Å². The highest BCUT2D eigenvalue weighted by atomic mass is 79.9. The first-order chi connectivity index (χ1) is 14.7. The minimum absolute atomic E-state index is 0.0418. The van der Waals surface area contributed by atoms with Crippen molar-refractivity contribution in [3.63, 3.8) is 0 Å². The van der Waals surface area contributed by atoms with Gasteiger partial charge < -0.3 is 10.1 Å². The molecule has 162 valence electrons. The van der Waals surface area contributed by atoms with Gasteiger partial charge in [-0.2, -0.15) is 0 Å². The van der Waals surface area contributed by atoms with Crippen LogP contribution < -0.4 is 5.32 Å². The molecule has 2 aromatic carbocycles. The Hall–Kier alpha value is -2.24. The van der Waals surface area contributed by atoms with E-state index >= 15 is 0 Å². The lowest BCUT2D eigenvalue weighted by Gasteiger charge is -2.21. The van der Waals surface area contributed by atoms with Crippen molar-refractivity contribution in [3.8, 4) is 11.3 Å². The third kappa shape index (κ3) is 4.83. The van der Waals surface area contributed by atoms with Gasteiger partial charge in [0.05, 0.1) is 28.9 Å². The van der Waals surface area contributed by atoms with Gasteiger partial charge in [0.25, 0.3) is 5.91 Å².